The van der Waals surface area contributed by atoms with E-state index in [1.165, 1.54) is 0 Å². The Labute approximate surface area is 167 Å². The SMILES string of the molecule is Cc1ccc(-c2nc(NC(=O)C(C)c3cccnc3)cc(-c3ccccn3)n2)o1. The maximum Gasteiger partial charge on any atom is 0.232 e. The number of amides is 1. The number of aryl methyl sites for hydroxylation is 1. The van der Waals surface area contributed by atoms with Gasteiger partial charge in [-0.15, -0.1) is 0 Å². The van der Waals surface area contributed by atoms with Crippen LogP contribution in [0.15, 0.2) is 71.5 Å². The number of hydrogen-bond acceptors (Lipinski definition) is 6. The second-order valence-electron chi connectivity index (χ2n) is 6.58. The fourth-order valence-corrected chi connectivity index (χ4v) is 2.84. The molecule has 0 bridgehead atoms. The molecule has 7 heteroatoms. The lowest BCUT2D eigenvalue weighted by atomic mass is 10.0. The van der Waals surface area contributed by atoms with Crippen LogP contribution >= 0.6 is 0 Å². The summed E-state index contributed by atoms with van der Waals surface area (Å²) < 4.78 is 5.67. The van der Waals surface area contributed by atoms with Gasteiger partial charge in [-0.1, -0.05) is 12.1 Å². The molecule has 4 aromatic heterocycles. The molecule has 7 nitrogen and oxygen atoms in total. The van der Waals surface area contributed by atoms with Gasteiger partial charge in [-0.2, -0.15) is 0 Å². The molecule has 0 aromatic carbocycles. The van der Waals surface area contributed by atoms with E-state index >= 15 is 0 Å². The highest BCUT2D eigenvalue weighted by Crippen LogP contribution is 2.25. The van der Waals surface area contributed by atoms with Gasteiger partial charge in [-0.25, -0.2) is 9.97 Å². The highest BCUT2D eigenvalue weighted by Gasteiger charge is 2.18. The summed E-state index contributed by atoms with van der Waals surface area (Å²) in [4.78, 5) is 30.3. The van der Waals surface area contributed by atoms with Crippen LogP contribution in [0.5, 0.6) is 0 Å². The third-order valence-corrected chi connectivity index (χ3v) is 4.44. The van der Waals surface area contributed by atoms with Crippen molar-refractivity contribution in [3.8, 4) is 23.0 Å². The topological polar surface area (TPSA) is 93.8 Å². The summed E-state index contributed by atoms with van der Waals surface area (Å²) in [6, 6.07) is 14.6. The molecule has 0 spiro atoms. The van der Waals surface area contributed by atoms with Gasteiger partial charge in [0.05, 0.1) is 17.3 Å². The second-order valence-corrected chi connectivity index (χ2v) is 6.58. The monoisotopic (exact) mass is 385 g/mol. The normalized spacial score (nSPS) is 11.8. The number of pyridine rings is 2. The largest absolute Gasteiger partial charge is 0.458 e. The van der Waals surface area contributed by atoms with Gasteiger partial charge in [0.25, 0.3) is 0 Å². The molecule has 1 N–H and O–H groups in total. The van der Waals surface area contributed by atoms with Gasteiger partial charge in [-0.05, 0) is 49.7 Å². The summed E-state index contributed by atoms with van der Waals surface area (Å²) >= 11 is 0. The number of carbonyl (C=O) groups excluding carboxylic acids is 1. The van der Waals surface area contributed by atoms with Crippen molar-refractivity contribution in [2.45, 2.75) is 19.8 Å². The molecule has 0 aliphatic rings. The predicted octanol–water partition coefficient (Wildman–Crippen LogP) is 4.24. The molecule has 144 valence electrons. The van der Waals surface area contributed by atoms with Crippen LogP contribution in [0.2, 0.25) is 0 Å². The Morgan fingerprint density at radius 3 is 2.62 bits per heavy atom. The highest BCUT2D eigenvalue weighted by molar-refractivity contribution is 5.95. The van der Waals surface area contributed by atoms with Gasteiger partial charge in [0.2, 0.25) is 5.91 Å². The molecule has 0 saturated carbocycles. The number of aromatic nitrogens is 4. The van der Waals surface area contributed by atoms with Crippen LogP contribution in [-0.2, 0) is 4.79 Å². The maximum atomic E-state index is 12.8. The number of carbonyl (C=O) groups is 1. The molecule has 1 unspecified atom stereocenters. The summed E-state index contributed by atoms with van der Waals surface area (Å²) in [5, 5.41) is 2.88. The minimum atomic E-state index is -0.383. The lowest BCUT2D eigenvalue weighted by Gasteiger charge is -2.13. The number of nitrogens with one attached hydrogen (secondary N) is 1. The zero-order valence-electron chi connectivity index (χ0n) is 16.0. The molecule has 4 aromatic rings. The Bertz CT molecular complexity index is 1130. The molecular formula is C22H19N5O2. The van der Waals surface area contributed by atoms with Crippen molar-refractivity contribution in [1.29, 1.82) is 0 Å². The fourth-order valence-electron chi connectivity index (χ4n) is 2.84. The summed E-state index contributed by atoms with van der Waals surface area (Å²) in [5.74, 6) is 1.46. The first-order chi connectivity index (χ1) is 14.1. The number of anilines is 1. The van der Waals surface area contributed by atoms with Crippen molar-refractivity contribution < 1.29 is 9.21 Å². The molecule has 0 aliphatic heterocycles. The van der Waals surface area contributed by atoms with Gasteiger partial charge in [-0.3, -0.25) is 14.8 Å². The number of rotatable bonds is 5. The lowest BCUT2D eigenvalue weighted by Crippen LogP contribution is -2.20. The van der Waals surface area contributed by atoms with E-state index in [1.54, 1.807) is 36.8 Å². The minimum absolute atomic E-state index is 0.190. The molecule has 4 heterocycles. The van der Waals surface area contributed by atoms with Crippen LogP contribution in [0.4, 0.5) is 5.82 Å². The zero-order chi connectivity index (χ0) is 20.2. The van der Waals surface area contributed by atoms with Crippen molar-refractivity contribution in [1.82, 2.24) is 19.9 Å². The van der Waals surface area contributed by atoms with Gasteiger partial charge >= 0.3 is 0 Å². The molecule has 0 radical (unpaired) electrons. The quantitative estimate of drug-likeness (QED) is 0.552. The van der Waals surface area contributed by atoms with Gasteiger partial charge in [0.15, 0.2) is 11.6 Å². The van der Waals surface area contributed by atoms with Gasteiger partial charge in [0.1, 0.15) is 11.6 Å². The molecule has 29 heavy (non-hydrogen) atoms. The average molecular weight is 385 g/mol. The minimum Gasteiger partial charge on any atom is -0.458 e. The van der Waals surface area contributed by atoms with E-state index in [4.69, 9.17) is 4.42 Å². The summed E-state index contributed by atoms with van der Waals surface area (Å²) in [7, 11) is 0. The van der Waals surface area contributed by atoms with Crippen molar-refractivity contribution in [2.24, 2.45) is 0 Å². The number of nitrogens with zero attached hydrogens (tertiary/aromatic N) is 4. The van der Waals surface area contributed by atoms with E-state index in [1.807, 2.05) is 44.2 Å². The van der Waals surface area contributed by atoms with Crippen LogP contribution in [-0.4, -0.2) is 25.8 Å². The molecule has 0 fully saturated rings. The van der Waals surface area contributed by atoms with E-state index in [2.05, 4.69) is 25.3 Å². The van der Waals surface area contributed by atoms with Crippen molar-refractivity contribution in [3.05, 3.63) is 78.4 Å². The molecular weight excluding hydrogens is 366 g/mol. The molecule has 4 rings (SSSR count). The standard InChI is InChI=1S/C22H19N5O2/c1-14-8-9-19(29-14)21-25-18(17-7-3-4-11-24-17)12-20(26-21)27-22(28)15(2)16-6-5-10-23-13-16/h3-13,15H,1-2H3,(H,25,26,27,28). The van der Waals surface area contributed by atoms with Crippen molar-refractivity contribution in [3.63, 3.8) is 0 Å². The van der Waals surface area contributed by atoms with Gasteiger partial charge < -0.3 is 9.73 Å². The fraction of sp³-hybridized carbons (Fsp3) is 0.136. The second kappa shape index (κ2) is 8.02. The zero-order valence-corrected chi connectivity index (χ0v) is 16.0. The van der Waals surface area contributed by atoms with E-state index in [9.17, 15) is 4.79 Å². The van der Waals surface area contributed by atoms with Gasteiger partial charge in [0, 0.05) is 24.7 Å². The van der Waals surface area contributed by atoms with Crippen molar-refractivity contribution >= 4 is 11.7 Å². The number of furan rings is 1. The Kier molecular flexibility index (Phi) is 5.11. The summed E-state index contributed by atoms with van der Waals surface area (Å²) in [6.07, 6.45) is 5.05. The average Bonchev–Trinajstić information content (AvgIpc) is 3.20. The van der Waals surface area contributed by atoms with Crippen LogP contribution in [0, 0.1) is 6.92 Å². The smallest absolute Gasteiger partial charge is 0.232 e. The maximum absolute atomic E-state index is 12.8. The van der Waals surface area contributed by atoms with E-state index < -0.39 is 0 Å². The first-order valence-electron chi connectivity index (χ1n) is 9.18. The third-order valence-electron chi connectivity index (χ3n) is 4.44. The number of hydrogen-bond donors (Lipinski definition) is 1. The van der Waals surface area contributed by atoms with Crippen LogP contribution < -0.4 is 5.32 Å². The Morgan fingerprint density at radius 2 is 1.93 bits per heavy atom. The molecule has 1 atom stereocenters. The van der Waals surface area contributed by atoms with Crippen LogP contribution in [0.25, 0.3) is 23.0 Å². The molecule has 1 amide bonds. The third kappa shape index (κ3) is 4.19. The van der Waals surface area contributed by atoms with E-state index in [-0.39, 0.29) is 11.8 Å². The Balaban J connectivity index is 1.69. The van der Waals surface area contributed by atoms with E-state index in [0.29, 0.717) is 28.8 Å². The summed E-state index contributed by atoms with van der Waals surface area (Å²) in [6.45, 7) is 3.67. The molecule has 0 aliphatic carbocycles. The first kappa shape index (κ1) is 18.5. The van der Waals surface area contributed by atoms with Crippen LogP contribution in [0.3, 0.4) is 0 Å². The Hall–Kier alpha value is -3.87. The van der Waals surface area contributed by atoms with Crippen molar-refractivity contribution in [2.75, 3.05) is 5.32 Å². The Morgan fingerprint density at radius 1 is 1.03 bits per heavy atom. The molecule has 0 saturated heterocycles. The first-order valence-corrected chi connectivity index (χ1v) is 9.18. The predicted molar refractivity (Wildman–Crippen MR) is 109 cm³/mol. The van der Waals surface area contributed by atoms with Crippen LogP contribution in [0.1, 0.15) is 24.2 Å². The van der Waals surface area contributed by atoms with E-state index in [0.717, 1.165) is 11.3 Å². The highest BCUT2D eigenvalue weighted by atomic mass is 16.3. The summed E-state index contributed by atoms with van der Waals surface area (Å²) in [5.41, 5.74) is 2.09. The lowest BCUT2D eigenvalue weighted by molar-refractivity contribution is -0.117.